The van der Waals surface area contributed by atoms with E-state index in [0.717, 1.165) is 30.7 Å². The second kappa shape index (κ2) is 7.67. The van der Waals surface area contributed by atoms with E-state index in [1.807, 2.05) is 6.20 Å². The predicted molar refractivity (Wildman–Crippen MR) is 75.8 cm³/mol. The fraction of sp³-hybridized carbons (Fsp3) is 0.615. The topological polar surface area (TPSA) is 25.4 Å². The van der Waals surface area contributed by atoms with Gasteiger partial charge in [-0.1, -0.05) is 28.9 Å². The van der Waals surface area contributed by atoms with Crippen LogP contribution in [0.2, 0.25) is 0 Å². The van der Waals surface area contributed by atoms with Crippen LogP contribution in [-0.4, -0.2) is 31.3 Å². The molecule has 0 aliphatic carbocycles. The third-order valence-corrected chi connectivity index (χ3v) is 3.56. The number of rotatable bonds is 7. The van der Waals surface area contributed by atoms with E-state index in [2.05, 4.69) is 51.8 Å². The first-order valence-corrected chi connectivity index (χ1v) is 7.11. The Morgan fingerprint density at radius 1 is 1.47 bits per heavy atom. The van der Waals surface area contributed by atoms with Gasteiger partial charge < -0.3 is 9.64 Å². The van der Waals surface area contributed by atoms with E-state index >= 15 is 0 Å². The number of anilines is 1. The van der Waals surface area contributed by atoms with Crippen LogP contribution in [0.15, 0.2) is 18.3 Å². The smallest absolute Gasteiger partial charge is 0.128 e. The molecule has 0 saturated heterocycles. The van der Waals surface area contributed by atoms with E-state index in [1.54, 1.807) is 7.11 Å². The fourth-order valence-corrected chi connectivity index (χ4v) is 1.97. The van der Waals surface area contributed by atoms with Crippen molar-refractivity contribution in [3.8, 4) is 0 Å². The van der Waals surface area contributed by atoms with Gasteiger partial charge in [-0.25, -0.2) is 4.98 Å². The molecule has 0 aromatic carbocycles. The summed E-state index contributed by atoms with van der Waals surface area (Å²) in [5.74, 6) is 1.03. The minimum atomic E-state index is 0.479. The van der Waals surface area contributed by atoms with Crippen LogP contribution in [0.25, 0.3) is 0 Å². The standard InChI is InChI=1S/C13H21BrN2O/c1-4-11(2)16(7-8-17-3)13-6-5-12(9-14)10-15-13/h5-6,10-11H,4,7-9H2,1-3H3. The first kappa shape index (κ1) is 14.5. The summed E-state index contributed by atoms with van der Waals surface area (Å²) in [6.45, 7) is 6.02. The van der Waals surface area contributed by atoms with Gasteiger partial charge in [-0.3, -0.25) is 0 Å². The maximum atomic E-state index is 5.16. The summed E-state index contributed by atoms with van der Waals surface area (Å²) in [5.41, 5.74) is 1.20. The molecular formula is C13H21BrN2O. The van der Waals surface area contributed by atoms with E-state index in [4.69, 9.17) is 4.74 Å². The molecule has 0 aliphatic rings. The summed E-state index contributed by atoms with van der Waals surface area (Å²) < 4.78 is 5.16. The maximum Gasteiger partial charge on any atom is 0.128 e. The average molecular weight is 301 g/mol. The largest absolute Gasteiger partial charge is 0.383 e. The molecule has 1 aromatic heterocycles. The molecule has 1 atom stereocenters. The molecule has 0 fully saturated rings. The monoisotopic (exact) mass is 300 g/mol. The minimum Gasteiger partial charge on any atom is -0.383 e. The number of hydrogen-bond acceptors (Lipinski definition) is 3. The number of methoxy groups -OCH3 is 1. The Bertz CT molecular complexity index is 316. The number of nitrogens with zero attached hydrogens (tertiary/aromatic N) is 2. The molecule has 0 aliphatic heterocycles. The number of pyridine rings is 1. The predicted octanol–water partition coefficient (Wildman–Crippen LogP) is 3.23. The normalized spacial score (nSPS) is 12.5. The first-order chi connectivity index (χ1) is 8.22. The van der Waals surface area contributed by atoms with Gasteiger partial charge in [0.2, 0.25) is 0 Å². The van der Waals surface area contributed by atoms with E-state index < -0.39 is 0 Å². The first-order valence-electron chi connectivity index (χ1n) is 5.99. The Morgan fingerprint density at radius 2 is 2.24 bits per heavy atom. The molecule has 1 rings (SSSR count). The van der Waals surface area contributed by atoms with Crippen molar-refractivity contribution in [2.75, 3.05) is 25.2 Å². The van der Waals surface area contributed by atoms with E-state index in [9.17, 15) is 0 Å². The highest BCUT2D eigenvalue weighted by Gasteiger charge is 2.13. The minimum absolute atomic E-state index is 0.479. The molecule has 1 heterocycles. The Hall–Kier alpha value is -0.610. The summed E-state index contributed by atoms with van der Waals surface area (Å²) >= 11 is 3.43. The summed E-state index contributed by atoms with van der Waals surface area (Å²) in [7, 11) is 1.73. The Morgan fingerprint density at radius 3 is 2.71 bits per heavy atom. The zero-order valence-electron chi connectivity index (χ0n) is 10.8. The van der Waals surface area contributed by atoms with Crippen LogP contribution in [-0.2, 0) is 10.1 Å². The molecule has 0 bridgehead atoms. The number of hydrogen-bond donors (Lipinski definition) is 0. The highest BCUT2D eigenvalue weighted by atomic mass is 79.9. The van der Waals surface area contributed by atoms with Crippen LogP contribution in [0.1, 0.15) is 25.8 Å². The van der Waals surface area contributed by atoms with Crippen molar-refractivity contribution >= 4 is 21.7 Å². The lowest BCUT2D eigenvalue weighted by molar-refractivity contribution is 0.203. The summed E-state index contributed by atoms with van der Waals surface area (Å²) in [5, 5.41) is 0.849. The van der Waals surface area contributed by atoms with Gasteiger partial charge in [0.25, 0.3) is 0 Å². The van der Waals surface area contributed by atoms with Crippen LogP contribution in [0, 0.1) is 0 Å². The molecular weight excluding hydrogens is 280 g/mol. The van der Waals surface area contributed by atoms with Crippen molar-refractivity contribution in [2.24, 2.45) is 0 Å². The van der Waals surface area contributed by atoms with Crippen LogP contribution in [0.4, 0.5) is 5.82 Å². The summed E-state index contributed by atoms with van der Waals surface area (Å²) in [4.78, 5) is 6.81. The molecule has 3 nitrogen and oxygen atoms in total. The Labute approximate surface area is 112 Å². The highest BCUT2D eigenvalue weighted by Crippen LogP contribution is 2.16. The van der Waals surface area contributed by atoms with Crippen LogP contribution in [0.5, 0.6) is 0 Å². The lowest BCUT2D eigenvalue weighted by atomic mass is 10.2. The molecule has 0 spiro atoms. The Kier molecular flexibility index (Phi) is 6.52. The molecule has 0 N–H and O–H groups in total. The van der Waals surface area contributed by atoms with E-state index in [0.29, 0.717) is 6.04 Å². The van der Waals surface area contributed by atoms with Crippen molar-refractivity contribution < 1.29 is 4.74 Å². The molecule has 96 valence electrons. The van der Waals surface area contributed by atoms with Crippen molar-refractivity contribution in [3.05, 3.63) is 23.9 Å². The third kappa shape index (κ3) is 4.28. The zero-order chi connectivity index (χ0) is 12.7. The van der Waals surface area contributed by atoms with Gasteiger partial charge >= 0.3 is 0 Å². The number of halogens is 1. The van der Waals surface area contributed by atoms with E-state index in [1.165, 1.54) is 5.56 Å². The Balaban J connectivity index is 2.79. The molecule has 0 saturated carbocycles. The van der Waals surface area contributed by atoms with E-state index in [-0.39, 0.29) is 0 Å². The van der Waals surface area contributed by atoms with Crippen molar-refractivity contribution in [1.82, 2.24) is 4.98 Å². The van der Waals surface area contributed by atoms with Gasteiger partial charge in [0.05, 0.1) is 6.61 Å². The fourth-order valence-electron chi connectivity index (χ4n) is 1.64. The molecule has 0 amide bonds. The van der Waals surface area contributed by atoms with Gasteiger partial charge in [0, 0.05) is 31.2 Å². The van der Waals surface area contributed by atoms with Gasteiger partial charge in [0.15, 0.2) is 0 Å². The van der Waals surface area contributed by atoms with Crippen molar-refractivity contribution in [1.29, 1.82) is 0 Å². The maximum absolute atomic E-state index is 5.16. The van der Waals surface area contributed by atoms with Gasteiger partial charge in [0.1, 0.15) is 5.82 Å². The number of alkyl halides is 1. The molecule has 17 heavy (non-hydrogen) atoms. The molecule has 0 radical (unpaired) electrons. The van der Waals surface area contributed by atoms with Crippen molar-refractivity contribution in [3.63, 3.8) is 0 Å². The molecule has 1 aromatic rings. The third-order valence-electron chi connectivity index (χ3n) is 2.92. The lowest BCUT2D eigenvalue weighted by Crippen LogP contribution is -2.36. The quantitative estimate of drug-likeness (QED) is 0.723. The summed E-state index contributed by atoms with van der Waals surface area (Å²) in [6.07, 6.45) is 3.03. The average Bonchev–Trinajstić information content (AvgIpc) is 2.39. The SMILES string of the molecule is CCC(C)N(CCOC)c1ccc(CBr)cn1. The van der Waals surface area contributed by atoms with Gasteiger partial charge in [-0.15, -0.1) is 0 Å². The van der Waals surface area contributed by atoms with Gasteiger partial charge in [-0.05, 0) is 25.0 Å². The molecule has 4 heteroatoms. The van der Waals surface area contributed by atoms with Crippen LogP contribution >= 0.6 is 15.9 Å². The van der Waals surface area contributed by atoms with Gasteiger partial charge in [-0.2, -0.15) is 0 Å². The second-order valence-electron chi connectivity index (χ2n) is 4.10. The highest BCUT2D eigenvalue weighted by molar-refractivity contribution is 9.08. The molecule has 1 unspecified atom stereocenters. The van der Waals surface area contributed by atoms with Crippen LogP contribution in [0.3, 0.4) is 0 Å². The van der Waals surface area contributed by atoms with Crippen LogP contribution < -0.4 is 4.90 Å². The summed E-state index contributed by atoms with van der Waals surface area (Å²) in [6, 6.07) is 4.67. The number of aromatic nitrogens is 1. The number of ether oxygens (including phenoxy) is 1. The lowest BCUT2D eigenvalue weighted by Gasteiger charge is -2.29. The zero-order valence-corrected chi connectivity index (χ0v) is 12.4. The van der Waals surface area contributed by atoms with Crippen molar-refractivity contribution in [2.45, 2.75) is 31.6 Å². The second-order valence-corrected chi connectivity index (χ2v) is 4.66.